The maximum atomic E-state index is 12.1. The Morgan fingerprint density at radius 3 is 2.00 bits per heavy atom. The van der Waals surface area contributed by atoms with Gasteiger partial charge < -0.3 is 19.5 Å². The number of amides is 1. The highest BCUT2D eigenvalue weighted by atomic mass is 16.6. The fraction of sp³-hybridized carbons (Fsp3) is 0.222. The third kappa shape index (κ3) is 5.50. The maximum Gasteiger partial charge on any atom is 0.407 e. The first kappa shape index (κ1) is 23.2. The quantitative estimate of drug-likeness (QED) is 0.214. The van der Waals surface area contributed by atoms with Gasteiger partial charge in [0.15, 0.2) is 0 Å². The minimum atomic E-state index is -0.924. The zero-order valence-corrected chi connectivity index (χ0v) is 18.6. The third-order valence-corrected chi connectivity index (χ3v) is 5.54. The van der Waals surface area contributed by atoms with E-state index >= 15 is 0 Å². The molecule has 3 aromatic carbocycles. The van der Waals surface area contributed by atoms with Crippen molar-refractivity contribution in [3.05, 3.63) is 95.6 Å². The first-order valence-electron chi connectivity index (χ1n) is 11.1. The average Bonchev–Trinajstić information content (AvgIpc) is 3.20. The van der Waals surface area contributed by atoms with Gasteiger partial charge in [0.2, 0.25) is 0 Å². The van der Waals surface area contributed by atoms with Crippen LogP contribution in [0.4, 0.5) is 4.79 Å². The number of nitrogens with one attached hydrogen (secondary N) is 1. The number of benzene rings is 3. The Morgan fingerprint density at radius 2 is 1.32 bits per heavy atom. The van der Waals surface area contributed by atoms with Crippen molar-refractivity contribution < 1.29 is 28.6 Å². The van der Waals surface area contributed by atoms with Crippen LogP contribution in [0.15, 0.2) is 78.9 Å². The van der Waals surface area contributed by atoms with Crippen molar-refractivity contribution in [1.29, 1.82) is 0 Å². The molecule has 0 saturated heterocycles. The van der Waals surface area contributed by atoms with Crippen LogP contribution >= 0.6 is 0 Å². The molecule has 0 spiro atoms. The van der Waals surface area contributed by atoms with Crippen molar-refractivity contribution in [2.45, 2.75) is 5.92 Å². The number of fused-ring (bicyclic) bond motifs is 3. The molecule has 0 bridgehead atoms. The van der Waals surface area contributed by atoms with E-state index in [9.17, 15) is 14.4 Å². The molecule has 0 heterocycles. The van der Waals surface area contributed by atoms with E-state index in [1.807, 2.05) is 24.3 Å². The molecule has 0 aromatic heterocycles. The summed E-state index contributed by atoms with van der Waals surface area (Å²) in [6.45, 7) is 0.761. The number of hydrogen-bond acceptors (Lipinski definition) is 6. The average molecular weight is 459 g/mol. The van der Waals surface area contributed by atoms with Crippen LogP contribution in [0.2, 0.25) is 0 Å². The number of carbonyl (C=O) groups excluding carboxylic acids is 3. The first-order chi connectivity index (χ1) is 16.6. The Labute approximate surface area is 197 Å². The summed E-state index contributed by atoms with van der Waals surface area (Å²) in [5.41, 5.74) is 4.93. The van der Waals surface area contributed by atoms with Crippen LogP contribution < -0.4 is 5.32 Å². The normalized spacial score (nSPS) is 11.9. The second-order valence-corrected chi connectivity index (χ2v) is 7.70. The summed E-state index contributed by atoms with van der Waals surface area (Å²) in [7, 11) is 0. The van der Waals surface area contributed by atoms with Crippen LogP contribution in [0.25, 0.3) is 11.1 Å². The van der Waals surface area contributed by atoms with Crippen molar-refractivity contribution in [3.8, 4) is 11.1 Å². The molecule has 0 saturated carbocycles. The fourth-order valence-electron chi connectivity index (χ4n) is 3.94. The van der Waals surface area contributed by atoms with Crippen molar-refractivity contribution >= 4 is 17.8 Å². The SMILES string of the molecule is O=C(NCCOCCOC(=O)C(=O)c1ccccc1)OCC1c2ccccc2-c2ccccc21. The number of carbonyl (C=O) groups is 3. The highest BCUT2D eigenvalue weighted by Gasteiger charge is 2.28. The second-order valence-electron chi connectivity index (χ2n) is 7.70. The summed E-state index contributed by atoms with van der Waals surface area (Å²) in [5, 5.41) is 2.65. The van der Waals surface area contributed by atoms with Crippen LogP contribution in [0.3, 0.4) is 0 Å². The highest BCUT2D eigenvalue weighted by Crippen LogP contribution is 2.44. The maximum absolute atomic E-state index is 12.1. The summed E-state index contributed by atoms with van der Waals surface area (Å²) in [6.07, 6.45) is -0.523. The Balaban J connectivity index is 1.12. The lowest BCUT2D eigenvalue weighted by Gasteiger charge is -2.14. The van der Waals surface area contributed by atoms with Gasteiger partial charge in [0.1, 0.15) is 13.2 Å². The van der Waals surface area contributed by atoms with Crippen molar-refractivity contribution in [2.24, 2.45) is 0 Å². The van der Waals surface area contributed by atoms with Gasteiger partial charge >= 0.3 is 12.1 Å². The molecule has 34 heavy (non-hydrogen) atoms. The lowest BCUT2D eigenvalue weighted by atomic mass is 9.98. The van der Waals surface area contributed by atoms with E-state index in [4.69, 9.17) is 14.2 Å². The molecule has 0 fully saturated rings. The van der Waals surface area contributed by atoms with Gasteiger partial charge in [0.25, 0.3) is 5.78 Å². The molecule has 4 rings (SSSR count). The molecule has 1 aliphatic carbocycles. The summed E-state index contributed by atoms with van der Waals surface area (Å²) in [5.74, 6) is -1.62. The van der Waals surface area contributed by atoms with Crippen LogP contribution in [0.5, 0.6) is 0 Å². The van der Waals surface area contributed by atoms with E-state index < -0.39 is 17.8 Å². The van der Waals surface area contributed by atoms with Gasteiger partial charge in [-0.1, -0.05) is 78.9 Å². The van der Waals surface area contributed by atoms with Crippen molar-refractivity contribution in [1.82, 2.24) is 5.32 Å². The minimum Gasteiger partial charge on any atom is -0.457 e. The molecule has 7 nitrogen and oxygen atoms in total. The van der Waals surface area contributed by atoms with Crippen LogP contribution in [0.1, 0.15) is 27.4 Å². The van der Waals surface area contributed by atoms with E-state index in [0.29, 0.717) is 0 Å². The number of hydrogen-bond donors (Lipinski definition) is 1. The highest BCUT2D eigenvalue weighted by molar-refractivity contribution is 6.40. The molecule has 0 radical (unpaired) electrons. The molecule has 1 amide bonds. The van der Waals surface area contributed by atoms with Gasteiger partial charge in [-0.25, -0.2) is 9.59 Å². The standard InChI is InChI=1S/C27H25NO6/c29-25(19-8-2-1-3-9-19)26(30)33-17-16-32-15-14-28-27(31)34-18-24-22-12-6-4-10-20(22)21-11-5-7-13-23(21)24/h1-13,24H,14-18H2,(H,28,31). The molecule has 0 unspecified atom stereocenters. The number of ether oxygens (including phenoxy) is 3. The van der Waals surface area contributed by atoms with Gasteiger partial charge in [-0.05, 0) is 22.3 Å². The van der Waals surface area contributed by atoms with E-state index in [2.05, 4.69) is 29.6 Å². The van der Waals surface area contributed by atoms with Crippen molar-refractivity contribution in [2.75, 3.05) is 33.0 Å². The first-order valence-corrected chi connectivity index (χ1v) is 11.1. The van der Waals surface area contributed by atoms with Crippen molar-refractivity contribution in [3.63, 3.8) is 0 Å². The Morgan fingerprint density at radius 1 is 0.706 bits per heavy atom. The number of esters is 1. The molecule has 0 atom stereocenters. The third-order valence-electron chi connectivity index (χ3n) is 5.54. The Kier molecular flexibility index (Phi) is 7.67. The zero-order chi connectivity index (χ0) is 23.8. The van der Waals surface area contributed by atoms with Gasteiger partial charge in [-0.2, -0.15) is 0 Å². The minimum absolute atomic E-state index is 0.00248. The summed E-state index contributed by atoms with van der Waals surface area (Å²) >= 11 is 0. The molecule has 1 N–H and O–H groups in total. The Bertz CT molecular complexity index is 1120. The van der Waals surface area contributed by atoms with E-state index in [-0.39, 0.29) is 44.5 Å². The molecule has 3 aromatic rings. The molecular weight excluding hydrogens is 434 g/mol. The van der Waals surface area contributed by atoms with E-state index in [0.717, 1.165) is 11.1 Å². The molecule has 0 aliphatic heterocycles. The topological polar surface area (TPSA) is 90.9 Å². The van der Waals surface area contributed by atoms with Gasteiger partial charge in [-0.3, -0.25) is 4.79 Å². The van der Waals surface area contributed by atoms with Crippen LogP contribution in [0, 0.1) is 0 Å². The predicted octanol–water partition coefficient (Wildman–Crippen LogP) is 3.97. The second kappa shape index (κ2) is 11.2. The monoisotopic (exact) mass is 459 g/mol. The van der Waals surface area contributed by atoms with E-state index in [1.54, 1.807) is 30.3 Å². The number of rotatable bonds is 10. The Hall–Kier alpha value is -3.97. The molecule has 7 heteroatoms. The van der Waals surface area contributed by atoms with Crippen LogP contribution in [-0.2, 0) is 19.0 Å². The van der Waals surface area contributed by atoms with Crippen LogP contribution in [-0.4, -0.2) is 50.8 Å². The molecular formula is C27H25NO6. The lowest BCUT2D eigenvalue weighted by Crippen LogP contribution is -2.29. The summed E-state index contributed by atoms with van der Waals surface area (Å²) < 4.78 is 15.7. The number of alkyl carbamates (subject to hydrolysis) is 1. The molecule has 174 valence electrons. The smallest absolute Gasteiger partial charge is 0.407 e. The largest absolute Gasteiger partial charge is 0.457 e. The fourth-order valence-corrected chi connectivity index (χ4v) is 3.94. The zero-order valence-electron chi connectivity index (χ0n) is 18.6. The summed E-state index contributed by atoms with van der Waals surface area (Å²) in [4.78, 5) is 35.8. The van der Waals surface area contributed by atoms with Gasteiger partial charge in [0, 0.05) is 18.0 Å². The van der Waals surface area contributed by atoms with Gasteiger partial charge in [0.05, 0.1) is 13.2 Å². The number of ketones is 1. The lowest BCUT2D eigenvalue weighted by molar-refractivity contribution is -0.139. The summed E-state index contributed by atoms with van der Waals surface area (Å²) in [6, 6.07) is 24.5. The van der Waals surface area contributed by atoms with Gasteiger partial charge in [-0.15, -0.1) is 0 Å². The number of Topliss-reactive ketones (excluding diaryl/α,β-unsaturated/α-hetero) is 1. The predicted molar refractivity (Wildman–Crippen MR) is 126 cm³/mol. The molecule has 1 aliphatic rings. The van der Waals surface area contributed by atoms with E-state index in [1.165, 1.54) is 11.1 Å².